The van der Waals surface area contributed by atoms with E-state index in [0.717, 1.165) is 23.1 Å². The molecule has 1 aromatic heterocycles. The fraction of sp³-hybridized carbons (Fsp3) is 0.462. The number of aromatic nitrogens is 2. The van der Waals surface area contributed by atoms with E-state index in [1.807, 2.05) is 29.7 Å². The molecular weight excluding hydrogens is 214 g/mol. The lowest BCUT2D eigenvalue weighted by molar-refractivity contribution is 0.0654. The van der Waals surface area contributed by atoms with E-state index < -0.39 is 5.60 Å². The fourth-order valence-corrected chi connectivity index (χ4v) is 2.09. The van der Waals surface area contributed by atoms with Crippen molar-refractivity contribution < 1.29 is 5.11 Å². The van der Waals surface area contributed by atoms with Gasteiger partial charge in [-0.05, 0) is 38.5 Å². The Morgan fingerprint density at radius 3 is 2.65 bits per heavy atom. The lowest BCUT2D eigenvalue weighted by Gasteiger charge is -2.17. The molecule has 0 aliphatic carbocycles. The van der Waals surface area contributed by atoms with E-state index in [1.54, 1.807) is 13.8 Å². The van der Waals surface area contributed by atoms with Crippen molar-refractivity contribution in [2.24, 2.45) is 5.73 Å². The topological polar surface area (TPSA) is 64.1 Å². The van der Waals surface area contributed by atoms with E-state index in [0.29, 0.717) is 12.4 Å². The van der Waals surface area contributed by atoms with Crippen LogP contribution in [0.5, 0.6) is 0 Å². The van der Waals surface area contributed by atoms with Crippen LogP contribution < -0.4 is 5.73 Å². The number of rotatable bonds is 3. The zero-order chi connectivity index (χ0) is 12.6. The molecule has 0 atom stereocenters. The Balaban J connectivity index is 2.70. The van der Waals surface area contributed by atoms with Gasteiger partial charge in [-0.3, -0.25) is 0 Å². The summed E-state index contributed by atoms with van der Waals surface area (Å²) >= 11 is 0. The first-order valence-electron chi connectivity index (χ1n) is 5.89. The summed E-state index contributed by atoms with van der Waals surface area (Å²) in [4.78, 5) is 4.52. The highest BCUT2D eigenvalue weighted by atomic mass is 16.3. The van der Waals surface area contributed by atoms with Crippen molar-refractivity contribution >= 4 is 11.0 Å². The van der Waals surface area contributed by atoms with Crippen LogP contribution in [-0.2, 0) is 18.7 Å². The largest absolute Gasteiger partial charge is 0.383 e. The molecule has 0 saturated heterocycles. The number of hydrogen-bond donors (Lipinski definition) is 2. The number of fused-ring (bicyclic) bond motifs is 1. The van der Waals surface area contributed by atoms with Crippen LogP contribution in [0, 0.1) is 0 Å². The number of nitrogens with zero attached hydrogens (tertiary/aromatic N) is 2. The van der Waals surface area contributed by atoms with E-state index in [-0.39, 0.29) is 0 Å². The van der Waals surface area contributed by atoms with Gasteiger partial charge in [-0.2, -0.15) is 0 Å². The molecule has 0 unspecified atom stereocenters. The molecule has 0 fully saturated rings. The van der Waals surface area contributed by atoms with E-state index in [1.165, 1.54) is 0 Å². The lowest BCUT2D eigenvalue weighted by atomic mass is 10.1. The Kier molecular flexibility index (Phi) is 2.93. The molecule has 0 aliphatic rings. The Morgan fingerprint density at radius 1 is 1.41 bits per heavy atom. The molecule has 4 nitrogen and oxygen atoms in total. The van der Waals surface area contributed by atoms with Gasteiger partial charge in [0.1, 0.15) is 11.4 Å². The van der Waals surface area contributed by atoms with Gasteiger partial charge in [-0.15, -0.1) is 0 Å². The van der Waals surface area contributed by atoms with Gasteiger partial charge in [0.05, 0.1) is 11.0 Å². The molecule has 0 spiro atoms. The van der Waals surface area contributed by atoms with Gasteiger partial charge in [0, 0.05) is 13.1 Å². The van der Waals surface area contributed by atoms with Crippen LogP contribution in [0.4, 0.5) is 0 Å². The number of hydrogen-bond acceptors (Lipinski definition) is 3. The van der Waals surface area contributed by atoms with Crippen LogP contribution >= 0.6 is 0 Å². The fourth-order valence-electron chi connectivity index (χ4n) is 2.09. The third kappa shape index (κ3) is 2.06. The van der Waals surface area contributed by atoms with Crippen LogP contribution in [0.25, 0.3) is 11.0 Å². The predicted molar refractivity (Wildman–Crippen MR) is 68.5 cm³/mol. The van der Waals surface area contributed by atoms with Gasteiger partial charge in [0.15, 0.2) is 0 Å². The normalized spacial score (nSPS) is 12.3. The maximum absolute atomic E-state index is 10.1. The molecule has 0 radical (unpaired) electrons. The summed E-state index contributed by atoms with van der Waals surface area (Å²) in [5.41, 5.74) is 7.68. The van der Waals surface area contributed by atoms with Crippen LogP contribution in [0.1, 0.15) is 32.2 Å². The number of benzene rings is 1. The number of aliphatic hydroxyl groups is 1. The predicted octanol–water partition coefficient (Wildman–Crippen LogP) is 1.74. The first kappa shape index (κ1) is 12.1. The molecule has 3 N–H and O–H groups in total. The lowest BCUT2D eigenvalue weighted by Crippen LogP contribution is -2.21. The first-order valence-corrected chi connectivity index (χ1v) is 5.89. The molecule has 92 valence electrons. The zero-order valence-corrected chi connectivity index (χ0v) is 10.6. The van der Waals surface area contributed by atoms with Crippen molar-refractivity contribution in [2.75, 3.05) is 0 Å². The summed E-state index contributed by atoms with van der Waals surface area (Å²) in [5, 5.41) is 10.1. The molecule has 2 rings (SSSR count). The van der Waals surface area contributed by atoms with Crippen molar-refractivity contribution in [3.05, 3.63) is 29.6 Å². The van der Waals surface area contributed by atoms with E-state index in [4.69, 9.17) is 5.73 Å². The first-order chi connectivity index (χ1) is 7.97. The van der Waals surface area contributed by atoms with Gasteiger partial charge in [-0.25, -0.2) is 4.98 Å². The van der Waals surface area contributed by atoms with Crippen LogP contribution in [0.3, 0.4) is 0 Å². The van der Waals surface area contributed by atoms with E-state index >= 15 is 0 Å². The molecular formula is C13H19N3O. The minimum atomic E-state index is -0.933. The summed E-state index contributed by atoms with van der Waals surface area (Å²) < 4.78 is 2.04. The monoisotopic (exact) mass is 233 g/mol. The average molecular weight is 233 g/mol. The minimum Gasteiger partial charge on any atom is -0.383 e. The van der Waals surface area contributed by atoms with Gasteiger partial charge < -0.3 is 15.4 Å². The zero-order valence-electron chi connectivity index (χ0n) is 10.6. The second-order valence-corrected chi connectivity index (χ2v) is 4.77. The Morgan fingerprint density at radius 2 is 2.12 bits per heavy atom. The van der Waals surface area contributed by atoms with Crippen LogP contribution in [-0.4, -0.2) is 14.7 Å². The second kappa shape index (κ2) is 4.13. The molecule has 1 aromatic carbocycles. The van der Waals surface area contributed by atoms with Crippen LogP contribution in [0.15, 0.2) is 18.2 Å². The maximum atomic E-state index is 10.1. The third-order valence-electron chi connectivity index (χ3n) is 2.91. The molecule has 0 aliphatic heterocycles. The van der Waals surface area contributed by atoms with Gasteiger partial charge in [0.25, 0.3) is 0 Å². The molecule has 0 saturated carbocycles. The summed E-state index contributed by atoms with van der Waals surface area (Å²) in [5.74, 6) is 0.698. The van der Waals surface area contributed by atoms with Crippen molar-refractivity contribution in [1.29, 1.82) is 0 Å². The second-order valence-electron chi connectivity index (χ2n) is 4.77. The SMILES string of the molecule is CCn1c(C(C)(C)O)nc2cc(CN)ccc21. The van der Waals surface area contributed by atoms with Crippen molar-refractivity contribution in [2.45, 2.75) is 39.5 Å². The van der Waals surface area contributed by atoms with Gasteiger partial charge in [0.2, 0.25) is 0 Å². The molecule has 17 heavy (non-hydrogen) atoms. The standard InChI is InChI=1S/C13H19N3O/c1-4-16-11-6-5-9(8-14)7-10(11)15-12(16)13(2,3)17/h5-7,17H,4,8,14H2,1-3H3. The van der Waals surface area contributed by atoms with Crippen molar-refractivity contribution in [3.8, 4) is 0 Å². The van der Waals surface area contributed by atoms with E-state index in [9.17, 15) is 5.11 Å². The Labute approximate surface area is 101 Å². The highest BCUT2D eigenvalue weighted by Crippen LogP contribution is 2.25. The number of aryl methyl sites for hydroxylation is 1. The summed E-state index contributed by atoms with van der Waals surface area (Å²) in [6, 6.07) is 6.00. The maximum Gasteiger partial charge on any atom is 0.141 e. The minimum absolute atomic E-state index is 0.507. The smallest absolute Gasteiger partial charge is 0.141 e. The Bertz CT molecular complexity index is 537. The number of nitrogens with two attached hydrogens (primary N) is 1. The summed E-state index contributed by atoms with van der Waals surface area (Å²) in [6.45, 7) is 6.85. The summed E-state index contributed by atoms with van der Waals surface area (Å²) in [7, 11) is 0. The highest BCUT2D eigenvalue weighted by Gasteiger charge is 2.24. The van der Waals surface area contributed by atoms with E-state index in [2.05, 4.69) is 4.98 Å². The molecule has 2 aromatic rings. The average Bonchev–Trinajstić information content (AvgIpc) is 2.65. The molecule has 0 amide bonds. The van der Waals surface area contributed by atoms with Crippen LogP contribution in [0.2, 0.25) is 0 Å². The molecule has 1 heterocycles. The molecule has 0 bridgehead atoms. The molecule has 4 heteroatoms. The van der Waals surface area contributed by atoms with Gasteiger partial charge in [-0.1, -0.05) is 6.07 Å². The Hall–Kier alpha value is -1.39. The third-order valence-corrected chi connectivity index (χ3v) is 2.91. The van der Waals surface area contributed by atoms with Crippen molar-refractivity contribution in [1.82, 2.24) is 9.55 Å². The van der Waals surface area contributed by atoms with Crippen molar-refractivity contribution in [3.63, 3.8) is 0 Å². The van der Waals surface area contributed by atoms with Gasteiger partial charge >= 0.3 is 0 Å². The summed E-state index contributed by atoms with van der Waals surface area (Å²) in [6.07, 6.45) is 0. The highest BCUT2D eigenvalue weighted by molar-refractivity contribution is 5.77. The quantitative estimate of drug-likeness (QED) is 0.848. The number of imidazole rings is 1.